The van der Waals surface area contributed by atoms with Crippen molar-refractivity contribution >= 4 is 7.82 Å². The van der Waals surface area contributed by atoms with Gasteiger partial charge in [0.1, 0.15) is 0 Å². The van der Waals surface area contributed by atoms with E-state index >= 15 is 0 Å². The predicted octanol–water partition coefficient (Wildman–Crippen LogP) is 5.09. The van der Waals surface area contributed by atoms with Gasteiger partial charge in [0.15, 0.2) is 0 Å². The van der Waals surface area contributed by atoms with Gasteiger partial charge in [-0.2, -0.15) is 0 Å². The van der Waals surface area contributed by atoms with Gasteiger partial charge in [-0.25, -0.2) is 4.57 Å². The summed E-state index contributed by atoms with van der Waals surface area (Å²) in [6.45, 7) is 2.64. The van der Waals surface area contributed by atoms with Crippen molar-refractivity contribution in [2.24, 2.45) is 0 Å². The number of phosphoric acid groups is 1. The van der Waals surface area contributed by atoms with Crippen LogP contribution < -0.4 is 0 Å². The van der Waals surface area contributed by atoms with E-state index in [1.165, 1.54) is 83.5 Å². The zero-order valence-electron chi connectivity index (χ0n) is 15.4. The van der Waals surface area contributed by atoms with Crippen LogP contribution in [0.4, 0.5) is 0 Å². The summed E-state index contributed by atoms with van der Waals surface area (Å²) in [5.74, 6) is 0. The Morgan fingerprint density at radius 2 is 1.00 bits per heavy atom. The standard InChI is InChI=1S/C18H36O.H3O4P/c1-2-3-4-5-6-7-8-9-10-11-12-13-14-15-16-17-18-19;1-5(2,3)4/h9-10,19H,2-8,11-18H2,1H3;(H3,1,2,3,4). The molecule has 0 bridgehead atoms. The van der Waals surface area contributed by atoms with Crippen LogP contribution in [0.15, 0.2) is 12.2 Å². The van der Waals surface area contributed by atoms with Crippen molar-refractivity contribution in [1.29, 1.82) is 0 Å². The summed E-state index contributed by atoms with van der Waals surface area (Å²) in [6, 6.07) is 0. The summed E-state index contributed by atoms with van der Waals surface area (Å²) in [5, 5.41) is 8.66. The van der Waals surface area contributed by atoms with Gasteiger partial charge in [-0.1, -0.05) is 76.9 Å². The van der Waals surface area contributed by atoms with Crippen LogP contribution >= 0.6 is 7.82 Å². The van der Waals surface area contributed by atoms with Crippen molar-refractivity contribution in [3.63, 3.8) is 0 Å². The maximum Gasteiger partial charge on any atom is 0.466 e. The molecule has 6 heteroatoms. The average molecular weight is 366 g/mol. The third kappa shape index (κ3) is 37.8. The smallest absolute Gasteiger partial charge is 0.396 e. The highest BCUT2D eigenvalue weighted by Crippen LogP contribution is 2.25. The largest absolute Gasteiger partial charge is 0.466 e. The molecule has 0 saturated heterocycles. The summed E-state index contributed by atoms with van der Waals surface area (Å²) < 4.78 is 8.88. The Morgan fingerprint density at radius 1 is 0.667 bits per heavy atom. The second kappa shape index (κ2) is 20.9. The van der Waals surface area contributed by atoms with Gasteiger partial charge in [0.05, 0.1) is 0 Å². The van der Waals surface area contributed by atoms with Crippen LogP contribution in [-0.4, -0.2) is 26.4 Å². The Kier molecular flexibility index (Phi) is 22.6. The molecule has 0 amide bonds. The Morgan fingerprint density at radius 3 is 1.38 bits per heavy atom. The second-order valence-corrected chi connectivity index (χ2v) is 7.20. The molecule has 0 radical (unpaired) electrons. The molecule has 0 aliphatic carbocycles. The molecule has 146 valence electrons. The zero-order valence-corrected chi connectivity index (χ0v) is 16.3. The van der Waals surface area contributed by atoms with E-state index in [1.54, 1.807) is 0 Å². The Hall–Kier alpha value is -0.190. The van der Waals surface area contributed by atoms with Gasteiger partial charge >= 0.3 is 7.82 Å². The number of aliphatic hydroxyl groups is 1. The van der Waals surface area contributed by atoms with Crippen LogP contribution in [0.25, 0.3) is 0 Å². The quantitative estimate of drug-likeness (QED) is 0.184. The molecule has 0 aromatic carbocycles. The lowest BCUT2D eigenvalue weighted by molar-refractivity contribution is 0.275. The van der Waals surface area contributed by atoms with Gasteiger partial charge < -0.3 is 19.8 Å². The number of rotatable bonds is 15. The fraction of sp³-hybridized carbons (Fsp3) is 0.889. The van der Waals surface area contributed by atoms with Gasteiger partial charge in [-0.15, -0.1) is 0 Å². The highest BCUT2D eigenvalue weighted by Gasteiger charge is 2.00. The van der Waals surface area contributed by atoms with Crippen LogP contribution in [0, 0.1) is 0 Å². The molecule has 0 aliphatic rings. The van der Waals surface area contributed by atoms with Crippen LogP contribution in [0.3, 0.4) is 0 Å². The maximum atomic E-state index is 8.88. The minimum absolute atomic E-state index is 0.362. The van der Waals surface area contributed by atoms with Crippen molar-refractivity contribution in [3.05, 3.63) is 12.2 Å². The normalized spacial score (nSPS) is 11.5. The third-order valence-corrected chi connectivity index (χ3v) is 3.67. The number of hydrogen-bond acceptors (Lipinski definition) is 2. The summed E-state index contributed by atoms with van der Waals surface area (Å²) in [5.41, 5.74) is 0. The maximum absolute atomic E-state index is 8.88. The molecule has 0 heterocycles. The van der Waals surface area contributed by atoms with Crippen molar-refractivity contribution < 1.29 is 24.4 Å². The highest BCUT2D eigenvalue weighted by molar-refractivity contribution is 7.45. The molecule has 0 unspecified atom stereocenters. The minimum atomic E-state index is -4.64. The molecule has 0 aromatic heterocycles. The topological polar surface area (TPSA) is 98.0 Å². The van der Waals surface area contributed by atoms with Gasteiger partial charge in [0.2, 0.25) is 0 Å². The fourth-order valence-corrected chi connectivity index (χ4v) is 2.36. The first-order valence-electron chi connectivity index (χ1n) is 9.46. The Balaban J connectivity index is 0. The van der Waals surface area contributed by atoms with Crippen molar-refractivity contribution in [2.75, 3.05) is 6.61 Å². The van der Waals surface area contributed by atoms with E-state index in [0.717, 1.165) is 6.42 Å². The molecule has 5 nitrogen and oxygen atoms in total. The summed E-state index contributed by atoms with van der Waals surface area (Å²) in [6.07, 6.45) is 23.2. The van der Waals surface area contributed by atoms with Crippen LogP contribution in [0.1, 0.15) is 96.8 Å². The molecular formula is C18H39O5P. The van der Waals surface area contributed by atoms with Crippen LogP contribution in [0.5, 0.6) is 0 Å². The lowest BCUT2D eigenvalue weighted by atomic mass is 10.1. The first kappa shape index (κ1) is 26.0. The highest BCUT2D eigenvalue weighted by atomic mass is 31.2. The molecule has 0 rings (SSSR count). The lowest BCUT2D eigenvalue weighted by Gasteiger charge is -1.99. The van der Waals surface area contributed by atoms with Crippen LogP contribution in [0.2, 0.25) is 0 Å². The molecule has 0 atom stereocenters. The van der Waals surface area contributed by atoms with Gasteiger partial charge in [0, 0.05) is 6.61 Å². The van der Waals surface area contributed by atoms with E-state index in [0.29, 0.717) is 6.61 Å². The second-order valence-electron chi connectivity index (χ2n) is 6.17. The molecule has 0 saturated carbocycles. The molecule has 0 aromatic rings. The van der Waals surface area contributed by atoms with E-state index in [9.17, 15) is 0 Å². The number of hydrogen-bond donors (Lipinski definition) is 4. The molecule has 0 spiro atoms. The summed E-state index contributed by atoms with van der Waals surface area (Å²) in [7, 11) is -4.64. The third-order valence-electron chi connectivity index (χ3n) is 3.67. The monoisotopic (exact) mass is 366 g/mol. The summed E-state index contributed by atoms with van der Waals surface area (Å²) in [4.78, 5) is 21.6. The van der Waals surface area contributed by atoms with Gasteiger partial charge in [0.25, 0.3) is 0 Å². The molecule has 24 heavy (non-hydrogen) atoms. The summed E-state index contributed by atoms with van der Waals surface area (Å²) >= 11 is 0. The average Bonchev–Trinajstić information content (AvgIpc) is 2.49. The minimum Gasteiger partial charge on any atom is -0.396 e. The van der Waals surface area contributed by atoms with E-state index < -0.39 is 7.82 Å². The Bertz CT molecular complexity index is 294. The van der Waals surface area contributed by atoms with E-state index in [2.05, 4.69) is 19.1 Å². The lowest BCUT2D eigenvalue weighted by Crippen LogP contribution is -1.83. The van der Waals surface area contributed by atoms with Gasteiger partial charge in [-0.3, -0.25) is 0 Å². The van der Waals surface area contributed by atoms with E-state index in [4.69, 9.17) is 24.4 Å². The first-order chi connectivity index (χ1) is 11.4. The first-order valence-corrected chi connectivity index (χ1v) is 11.0. The number of aliphatic hydroxyl groups excluding tert-OH is 1. The van der Waals surface area contributed by atoms with Crippen molar-refractivity contribution in [3.8, 4) is 0 Å². The SMILES string of the molecule is CCCCCCCCC=CCCCCCCCCO.O=P(O)(O)O. The molecule has 0 aliphatic heterocycles. The molecule has 0 fully saturated rings. The number of allylic oxidation sites excluding steroid dienone is 2. The number of unbranched alkanes of at least 4 members (excludes halogenated alkanes) is 12. The van der Waals surface area contributed by atoms with Crippen molar-refractivity contribution in [2.45, 2.75) is 96.8 Å². The zero-order chi connectivity index (χ0) is 18.5. The van der Waals surface area contributed by atoms with Crippen LogP contribution in [-0.2, 0) is 4.57 Å². The van der Waals surface area contributed by atoms with E-state index in [1.807, 2.05) is 0 Å². The van der Waals surface area contributed by atoms with Crippen molar-refractivity contribution in [1.82, 2.24) is 0 Å². The Labute approximate surface area is 148 Å². The molecule has 4 N–H and O–H groups in total. The van der Waals surface area contributed by atoms with E-state index in [-0.39, 0.29) is 0 Å². The predicted molar refractivity (Wildman–Crippen MR) is 101 cm³/mol. The molecular weight excluding hydrogens is 327 g/mol. The van der Waals surface area contributed by atoms with Gasteiger partial charge in [-0.05, 0) is 32.1 Å². The fourth-order valence-electron chi connectivity index (χ4n) is 2.36.